The molecule has 0 aliphatic heterocycles. The minimum atomic E-state index is -0.289. The SMILES string of the molecule is CC(=O)c1c(C)[nH]c(C(=O)Nc2ccnn2Cc2ccccc2)c1C. The summed E-state index contributed by atoms with van der Waals surface area (Å²) >= 11 is 0. The van der Waals surface area contributed by atoms with Crippen LogP contribution in [0.3, 0.4) is 0 Å². The molecular weight excluding hydrogens is 316 g/mol. The number of aromatic amines is 1. The van der Waals surface area contributed by atoms with Crippen molar-refractivity contribution >= 4 is 17.5 Å². The van der Waals surface area contributed by atoms with Gasteiger partial charge in [-0.05, 0) is 31.9 Å². The lowest BCUT2D eigenvalue weighted by Crippen LogP contribution is -2.17. The molecule has 0 atom stereocenters. The minimum Gasteiger partial charge on any atom is -0.354 e. The van der Waals surface area contributed by atoms with Gasteiger partial charge in [-0.15, -0.1) is 0 Å². The fourth-order valence-corrected chi connectivity index (χ4v) is 3.01. The first-order chi connectivity index (χ1) is 12.0. The summed E-state index contributed by atoms with van der Waals surface area (Å²) in [6, 6.07) is 11.6. The fourth-order valence-electron chi connectivity index (χ4n) is 3.01. The van der Waals surface area contributed by atoms with Crippen molar-refractivity contribution in [2.75, 3.05) is 5.32 Å². The zero-order valence-corrected chi connectivity index (χ0v) is 14.5. The second-order valence-corrected chi connectivity index (χ2v) is 6.00. The normalized spacial score (nSPS) is 10.7. The first-order valence-corrected chi connectivity index (χ1v) is 8.04. The zero-order valence-electron chi connectivity index (χ0n) is 14.5. The molecule has 3 rings (SSSR count). The van der Waals surface area contributed by atoms with Crippen LogP contribution in [0.4, 0.5) is 5.82 Å². The maximum absolute atomic E-state index is 12.6. The average Bonchev–Trinajstić information content (AvgIpc) is 3.12. The summed E-state index contributed by atoms with van der Waals surface area (Å²) in [4.78, 5) is 27.4. The molecule has 0 fully saturated rings. The Bertz CT molecular complexity index is 922. The Labute approximate surface area is 145 Å². The van der Waals surface area contributed by atoms with E-state index >= 15 is 0 Å². The number of anilines is 1. The number of H-pyrrole nitrogens is 1. The van der Waals surface area contributed by atoms with E-state index in [4.69, 9.17) is 0 Å². The van der Waals surface area contributed by atoms with Gasteiger partial charge in [0.1, 0.15) is 11.5 Å². The van der Waals surface area contributed by atoms with Crippen LogP contribution in [0.2, 0.25) is 0 Å². The van der Waals surface area contributed by atoms with Crippen molar-refractivity contribution in [2.24, 2.45) is 0 Å². The van der Waals surface area contributed by atoms with Gasteiger partial charge in [0.2, 0.25) is 0 Å². The molecule has 0 spiro atoms. The Morgan fingerprint density at radius 3 is 2.52 bits per heavy atom. The molecule has 0 saturated carbocycles. The number of carbonyl (C=O) groups excluding carboxylic acids is 2. The van der Waals surface area contributed by atoms with Crippen LogP contribution in [-0.2, 0) is 6.54 Å². The van der Waals surface area contributed by atoms with Gasteiger partial charge in [-0.1, -0.05) is 30.3 Å². The van der Waals surface area contributed by atoms with E-state index in [0.717, 1.165) is 5.56 Å². The number of amides is 1. The van der Waals surface area contributed by atoms with Crippen LogP contribution >= 0.6 is 0 Å². The highest BCUT2D eigenvalue weighted by atomic mass is 16.2. The number of ketones is 1. The van der Waals surface area contributed by atoms with E-state index in [1.165, 1.54) is 6.92 Å². The Morgan fingerprint density at radius 1 is 1.16 bits per heavy atom. The van der Waals surface area contributed by atoms with Gasteiger partial charge in [-0.25, -0.2) is 4.68 Å². The van der Waals surface area contributed by atoms with Gasteiger partial charge in [0.05, 0.1) is 12.7 Å². The number of Topliss-reactive ketones (excluding diaryl/α,β-unsaturated/α-hetero) is 1. The number of benzene rings is 1. The monoisotopic (exact) mass is 336 g/mol. The molecule has 0 unspecified atom stereocenters. The minimum absolute atomic E-state index is 0.0561. The molecule has 0 radical (unpaired) electrons. The molecule has 2 aromatic heterocycles. The number of hydrogen-bond donors (Lipinski definition) is 2. The van der Waals surface area contributed by atoms with Crippen molar-refractivity contribution < 1.29 is 9.59 Å². The fraction of sp³-hybridized carbons (Fsp3) is 0.211. The number of carbonyl (C=O) groups is 2. The van der Waals surface area contributed by atoms with Crippen molar-refractivity contribution in [1.29, 1.82) is 0 Å². The quantitative estimate of drug-likeness (QED) is 0.701. The van der Waals surface area contributed by atoms with E-state index < -0.39 is 0 Å². The smallest absolute Gasteiger partial charge is 0.273 e. The molecule has 0 aliphatic carbocycles. The third-order valence-corrected chi connectivity index (χ3v) is 4.15. The molecule has 3 aromatic rings. The predicted octanol–water partition coefficient (Wildman–Crippen LogP) is 3.33. The molecule has 6 nitrogen and oxygen atoms in total. The highest BCUT2D eigenvalue weighted by molar-refractivity contribution is 6.07. The van der Waals surface area contributed by atoms with Gasteiger partial charge < -0.3 is 10.3 Å². The van der Waals surface area contributed by atoms with Crippen LogP contribution in [0, 0.1) is 13.8 Å². The summed E-state index contributed by atoms with van der Waals surface area (Å²) in [5.74, 6) is 0.257. The lowest BCUT2D eigenvalue weighted by molar-refractivity contribution is 0.101. The molecule has 0 saturated heterocycles. The largest absolute Gasteiger partial charge is 0.354 e. The number of aromatic nitrogens is 3. The van der Waals surface area contributed by atoms with E-state index in [1.54, 1.807) is 30.8 Å². The van der Waals surface area contributed by atoms with Crippen LogP contribution in [0.15, 0.2) is 42.6 Å². The van der Waals surface area contributed by atoms with Crippen LogP contribution in [0.5, 0.6) is 0 Å². The van der Waals surface area contributed by atoms with Crippen LogP contribution in [-0.4, -0.2) is 26.5 Å². The number of rotatable bonds is 5. The molecule has 0 aliphatic rings. The Hall–Kier alpha value is -3.15. The molecule has 0 bridgehead atoms. The number of aryl methyl sites for hydroxylation is 1. The summed E-state index contributed by atoms with van der Waals surface area (Å²) in [6.45, 7) is 5.63. The summed E-state index contributed by atoms with van der Waals surface area (Å²) in [6.07, 6.45) is 1.65. The van der Waals surface area contributed by atoms with E-state index in [1.807, 2.05) is 30.3 Å². The van der Waals surface area contributed by atoms with Crippen molar-refractivity contribution in [2.45, 2.75) is 27.3 Å². The van der Waals surface area contributed by atoms with Gasteiger partial charge >= 0.3 is 0 Å². The lowest BCUT2D eigenvalue weighted by atomic mass is 10.1. The number of nitrogens with one attached hydrogen (secondary N) is 2. The van der Waals surface area contributed by atoms with Gasteiger partial charge in [0.25, 0.3) is 5.91 Å². The Balaban J connectivity index is 1.82. The molecule has 25 heavy (non-hydrogen) atoms. The summed E-state index contributed by atoms with van der Waals surface area (Å²) < 4.78 is 1.73. The van der Waals surface area contributed by atoms with Crippen molar-refractivity contribution in [3.8, 4) is 0 Å². The lowest BCUT2D eigenvalue weighted by Gasteiger charge is -2.09. The van der Waals surface area contributed by atoms with Crippen molar-refractivity contribution in [3.63, 3.8) is 0 Å². The zero-order chi connectivity index (χ0) is 18.0. The van der Waals surface area contributed by atoms with Gasteiger partial charge in [0, 0.05) is 17.3 Å². The highest BCUT2D eigenvalue weighted by Crippen LogP contribution is 2.20. The van der Waals surface area contributed by atoms with E-state index in [9.17, 15) is 9.59 Å². The van der Waals surface area contributed by atoms with E-state index in [-0.39, 0.29) is 11.7 Å². The molecule has 128 valence electrons. The van der Waals surface area contributed by atoms with Crippen LogP contribution in [0.1, 0.15) is 44.6 Å². The standard InChI is InChI=1S/C19H20N4O2/c1-12-17(14(3)24)13(2)21-18(12)19(25)22-16-9-10-20-23(16)11-15-7-5-4-6-8-15/h4-10,21H,11H2,1-3H3,(H,22,25). The van der Waals surface area contributed by atoms with Gasteiger partial charge in [-0.2, -0.15) is 5.10 Å². The molecule has 1 aromatic carbocycles. The molecule has 1 amide bonds. The molecule has 6 heteroatoms. The van der Waals surface area contributed by atoms with Crippen molar-refractivity contribution in [1.82, 2.24) is 14.8 Å². The molecule has 2 heterocycles. The molecular formula is C19H20N4O2. The Kier molecular flexibility index (Phi) is 4.52. The predicted molar refractivity (Wildman–Crippen MR) is 96.0 cm³/mol. The number of nitrogens with zero attached hydrogens (tertiary/aromatic N) is 2. The summed E-state index contributed by atoms with van der Waals surface area (Å²) in [5.41, 5.74) is 3.43. The van der Waals surface area contributed by atoms with Crippen LogP contribution < -0.4 is 5.32 Å². The summed E-state index contributed by atoms with van der Waals surface area (Å²) in [7, 11) is 0. The first-order valence-electron chi connectivity index (χ1n) is 8.04. The van der Waals surface area contributed by atoms with E-state index in [2.05, 4.69) is 15.4 Å². The van der Waals surface area contributed by atoms with Crippen LogP contribution in [0.25, 0.3) is 0 Å². The maximum atomic E-state index is 12.6. The maximum Gasteiger partial charge on any atom is 0.273 e. The van der Waals surface area contributed by atoms with Crippen molar-refractivity contribution in [3.05, 3.63) is 70.7 Å². The topological polar surface area (TPSA) is 79.8 Å². The average molecular weight is 336 g/mol. The van der Waals surface area contributed by atoms with Gasteiger partial charge in [0.15, 0.2) is 5.78 Å². The second-order valence-electron chi connectivity index (χ2n) is 6.00. The Morgan fingerprint density at radius 2 is 1.88 bits per heavy atom. The van der Waals surface area contributed by atoms with E-state index in [0.29, 0.717) is 34.9 Å². The first kappa shape index (κ1) is 16.7. The summed E-state index contributed by atoms with van der Waals surface area (Å²) in [5, 5.41) is 7.14. The highest BCUT2D eigenvalue weighted by Gasteiger charge is 2.20. The van der Waals surface area contributed by atoms with Gasteiger partial charge in [-0.3, -0.25) is 9.59 Å². The molecule has 2 N–H and O–H groups in total. The third-order valence-electron chi connectivity index (χ3n) is 4.15. The third kappa shape index (κ3) is 3.38. The second kappa shape index (κ2) is 6.76. The number of hydrogen-bond acceptors (Lipinski definition) is 3.